The third-order valence-electron chi connectivity index (χ3n) is 4.16. The second-order valence-corrected chi connectivity index (χ2v) is 7.12. The van der Waals surface area contributed by atoms with Crippen molar-refractivity contribution in [1.29, 1.82) is 0 Å². The molecule has 1 aliphatic heterocycles. The minimum Gasteiger partial charge on any atom is -0.352 e. The first kappa shape index (κ1) is 17.5. The van der Waals surface area contributed by atoms with Crippen LogP contribution >= 0.6 is 11.8 Å². The molecule has 0 saturated carbocycles. The van der Waals surface area contributed by atoms with Gasteiger partial charge in [-0.15, -0.1) is 11.8 Å². The summed E-state index contributed by atoms with van der Waals surface area (Å²) in [6, 6.07) is 17.6. The number of nitrogens with zero attached hydrogens (tertiary/aromatic N) is 1. The highest BCUT2D eigenvalue weighted by molar-refractivity contribution is 8.00. The highest BCUT2D eigenvalue weighted by Crippen LogP contribution is 2.39. The average Bonchev–Trinajstić information content (AvgIpc) is 3.01. The Labute approximate surface area is 152 Å². The fourth-order valence-electron chi connectivity index (χ4n) is 2.82. The summed E-state index contributed by atoms with van der Waals surface area (Å²) in [5.74, 6) is 0.601. The van der Waals surface area contributed by atoms with E-state index in [4.69, 9.17) is 0 Å². The van der Waals surface area contributed by atoms with Crippen molar-refractivity contribution in [3.05, 3.63) is 71.3 Å². The second-order valence-electron chi connectivity index (χ2n) is 6.05. The van der Waals surface area contributed by atoms with E-state index >= 15 is 0 Å². The van der Waals surface area contributed by atoms with Crippen LogP contribution in [-0.2, 0) is 11.3 Å². The van der Waals surface area contributed by atoms with Crippen LogP contribution in [0.15, 0.2) is 54.6 Å². The van der Waals surface area contributed by atoms with Gasteiger partial charge >= 0.3 is 0 Å². The molecule has 4 nitrogen and oxygen atoms in total. The molecule has 5 heteroatoms. The van der Waals surface area contributed by atoms with Crippen molar-refractivity contribution in [3.8, 4) is 0 Å². The lowest BCUT2D eigenvalue weighted by molar-refractivity contribution is -0.128. The summed E-state index contributed by atoms with van der Waals surface area (Å²) >= 11 is 1.63. The summed E-state index contributed by atoms with van der Waals surface area (Å²) in [6.07, 6.45) is 0.916. The average molecular weight is 354 g/mol. The first-order valence-corrected chi connectivity index (χ1v) is 9.57. The van der Waals surface area contributed by atoms with Gasteiger partial charge in [0.2, 0.25) is 5.91 Å². The first-order chi connectivity index (χ1) is 12.2. The van der Waals surface area contributed by atoms with Gasteiger partial charge in [-0.2, -0.15) is 0 Å². The molecular formula is C20H22N2O2S. The smallest absolute Gasteiger partial charge is 0.251 e. The van der Waals surface area contributed by atoms with Crippen LogP contribution in [0.5, 0.6) is 0 Å². The van der Waals surface area contributed by atoms with Gasteiger partial charge in [-0.1, -0.05) is 49.4 Å². The molecule has 0 spiro atoms. The maximum atomic E-state index is 12.3. The minimum atomic E-state index is -0.0512. The number of hydrogen-bond acceptors (Lipinski definition) is 3. The molecule has 0 radical (unpaired) electrons. The highest BCUT2D eigenvalue weighted by Gasteiger charge is 2.32. The van der Waals surface area contributed by atoms with Gasteiger partial charge in [-0.05, 0) is 29.7 Å². The Hall–Kier alpha value is -2.27. The van der Waals surface area contributed by atoms with E-state index in [2.05, 4.69) is 5.32 Å². The van der Waals surface area contributed by atoms with E-state index in [1.54, 1.807) is 11.8 Å². The van der Waals surface area contributed by atoms with Crippen molar-refractivity contribution in [2.45, 2.75) is 25.3 Å². The Balaban J connectivity index is 1.73. The van der Waals surface area contributed by atoms with Crippen LogP contribution in [-0.4, -0.2) is 29.0 Å². The van der Waals surface area contributed by atoms with Gasteiger partial charge in [0, 0.05) is 18.7 Å². The summed E-state index contributed by atoms with van der Waals surface area (Å²) in [4.78, 5) is 26.2. The topological polar surface area (TPSA) is 49.4 Å². The lowest BCUT2D eigenvalue weighted by Crippen LogP contribution is -2.27. The molecule has 1 atom stereocenters. The molecule has 130 valence electrons. The van der Waals surface area contributed by atoms with Crippen molar-refractivity contribution in [1.82, 2.24) is 10.2 Å². The Morgan fingerprint density at radius 2 is 1.88 bits per heavy atom. The van der Waals surface area contributed by atoms with Crippen LogP contribution in [0.1, 0.15) is 40.2 Å². The zero-order valence-electron chi connectivity index (χ0n) is 14.3. The third kappa shape index (κ3) is 4.23. The summed E-state index contributed by atoms with van der Waals surface area (Å²) in [5, 5.41) is 2.88. The van der Waals surface area contributed by atoms with Crippen molar-refractivity contribution in [2.24, 2.45) is 0 Å². The van der Waals surface area contributed by atoms with Crippen molar-refractivity contribution < 1.29 is 9.59 Å². The van der Waals surface area contributed by atoms with E-state index in [1.165, 1.54) is 0 Å². The maximum absolute atomic E-state index is 12.3. The number of amides is 2. The lowest BCUT2D eigenvalue weighted by Gasteiger charge is -2.24. The standard InChI is InChI=1S/C20H22N2O2S/c1-2-12-21-19(24)16-8-10-17(11-9-16)20-22(18(23)14-25-20)13-15-6-4-3-5-7-15/h3-11,20H,2,12-14H2,1H3,(H,21,24)/t20-/m0/s1. The van der Waals surface area contributed by atoms with Crippen LogP contribution in [0.3, 0.4) is 0 Å². The van der Waals surface area contributed by atoms with Gasteiger partial charge < -0.3 is 10.2 Å². The predicted molar refractivity (Wildman–Crippen MR) is 101 cm³/mol. The fourth-order valence-corrected chi connectivity index (χ4v) is 4.01. The van der Waals surface area contributed by atoms with E-state index in [-0.39, 0.29) is 17.2 Å². The molecule has 2 aromatic carbocycles. The van der Waals surface area contributed by atoms with E-state index in [1.807, 2.05) is 66.4 Å². The van der Waals surface area contributed by atoms with E-state index in [9.17, 15) is 9.59 Å². The lowest BCUT2D eigenvalue weighted by atomic mass is 10.1. The molecule has 1 fully saturated rings. The molecule has 0 bridgehead atoms. The quantitative estimate of drug-likeness (QED) is 0.862. The highest BCUT2D eigenvalue weighted by atomic mass is 32.2. The Morgan fingerprint density at radius 1 is 1.16 bits per heavy atom. The number of carbonyl (C=O) groups is 2. The zero-order chi connectivity index (χ0) is 17.6. The number of benzene rings is 2. The number of carbonyl (C=O) groups excluding carboxylic acids is 2. The molecule has 1 N–H and O–H groups in total. The molecule has 25 heavy (non-hydrogen) atoms. The summed E-state index contributed by atoms with van der Waals surface area (Å²) in [5.41, 5.74) is 2.83. The molecular weight excluding hydrogens is 332 g/mol. The van der Waals surface area contributed by atoms with E-state index < -0.39 is 0 Å². The van der Waals surface area contributed by atoms with Crippen LogP contribution in [0, 0.1) is 0 Å². The molecule has 1 heterocycles. The monoisotopic (exact) mass is 354 g/mol. The number of thioether (sulfide) groups is 1. The molecule has 0 aliphatic carbocycles. The summed E-state index contributed by atoms with van der Waals surface area (Å²) in [6.45, 7) is 3.31. The van der Waals surface area contributed by atoms with E-state index in [0.717, 1.165) is 17.5 Å². The van der Waals surface area contributed by atoms with Gasteiger partial charge in [-0.3, -0.25) is 9.59 Å². The number of rotatable bonds is 6. The minimum absolute atomic E-state index is 0.000425. The maximum Gasteiger partial charge on any atom is 0.251 e. The molecule has 2 amide bonds. The van der Waals surface area contributed by atoms with E-state index in [0.29, 0.717) is 24.4 Å². The van der Waals surface area contributed by atoms with Crippen molar-refractivity contribution >= 4 is 23.6 Å². The Bertz CT molecular complexity index is 731. The third-order valence-corrected chi connectivity index (χ3v) is 5.41. The van der Waals surface area contributed by atoms with Gasteiger partial charge in [-0.25, -0.2) is 0 Å². The Kier molecular flexibility index (Phi) is 5.76. The van der Waals surface area contributed by atoms with Crippen LogP contribution < -0.4 is 5.32 Å². The molecule has 1 saturated heterocycles. The number of hydrogen-bond donors (Lipinski definition) is 1. The van der Waals surface area contributed by atoms with Gasteiger partial charge in [0.15, 0.2) is 0 Å². The zero-order valence-corrected chi connectivity index (χ0v) is 15.1. The van der Waals surface area contributed by atoms with Gasteiger partial charge in [0.05, 0.1) is 5.75 Å². The van der Waals surface area contributed by atoms with Gasteiger partial charge in [0.25, 0.3) is 5.91 Å². The van der Waals surface area contributed by atoms with Crippen molar-refractivity contribution in [2.75, 3.05) is 12.3 Å². The first-order valence-electron chi connectivity index (χ1n) is 8.52. The molecule has 0 unspecified atom stereocenters. The fraction of sp³-hybridized carbons (Fsp3) is 0.300. The van der Waals surface area contributed by atoms with Crippen LogP contribution in [0.2, 0.25) is 0 Å². The molecule has 1 aliphatic rings. The molecule has 2 aromatic rings. The largest absolute Gasteiger partial charge is 0.352 e. The van der Waals surface area contributed by atoms with Crippen molar-refractivity contribution in [3.63, 3.8) is 0 Å². The summed E-state index contributed by atoms with van der Waals surface area (Å²) < 4.78 is 0. The van der Waals surface area contributed by atoms with Crippen LogP contribution in [0.25, 0.3) is 0 Å². The second kappa shape index (κ2) is 8.21. The molecule has 3 rings (SSSR count). The predicted octanol–water partition coefficient (Wildman–Crippen LogP) is 3.60. The normalized spacial score (nSPS) is 16.9. The SMILES string of the molecule is CCCNC(=O)c1ccc([C@@H]2SCC(=O)N2Cc2ccccc2)cc1. The number of nitrogens with one attached hydrogen (secondary N) is 1. The Morgan fingerprint density at radius 3 is 2.56 bits per heavy atom. The summed E-state index contributed by atoms with van der Waals surface area (Å²) in [7, 11) is 0. The molecule has 0 aromatic heterocycles. The van der Waals surface area contributed by atoms with Gasteiger partial charge in [0.1, 0.15) is 5.37 Å². The van der Waals surface area contributed by atoms with Crippen LogP contribution in [0.4, 0.5) is 0 Å².